The van der Waals surface area contributed by atoms with Crippen LogP contribution >= 0.6 is 0 Å². The molecular weight excluding hydrogens is 301 g/mol. The highest BCUT2D eigenvalue weighted by Crippen LogP contribution is 2.19. The number of urea groups is 1. The largest absolute Gasteiger partial charge is 0.394 e. The molecule has 1 aliphatic rings. The van der Waals surface area contributed by atoms with Crippen LogP contribution in [0.15, 0.2) is 12.1 Å². The lowest BCUT2D eigenvalue weighted by Crippen LogP contribution is -2.46. The Labute approximate surface area is 125 Å². The van der Waals surface area contributed by atoms with Gasteiger partial charge >= 0.3 is 6.03 Å². The number of benzene rings is 1. The van der Waals surface area contributed by atoms with E-state index < -0.39 is 36.1 Å². The molecule has 0 radical (unpaired) electrons. The van der Waals surface area contributed by atoms with Crippen LogP contribution in [-0.2, 0) is 4.74 Å². The van der Waals surface area contributed by atoms with Gasteiger partial charge in [0.25, 0.3) is 0 Å². The van der Waals surface area contributed by atoms with Gasteiger partial charge in [0.1, 0.15) is 0 Å². The lowest BCUT2D eigenvalue weighted by atomic mass is 10.1. The van der Waals surface area contributed by atoms with Gasteiger partial charge in [-0.2, -0.15) is 0 Å². The summed E-state index contributed by atoms with van der Waals surface area (Å²) >= 11 is 0. The molecule has 0 bridgehead atoms. The molecule has 3 N–H and O–H groups in total. The van der Waals surface area contributed by atoms with Crippen LogP contribution in [0, 0.1) is 17.5 Å². The van der Waals surface area contributed by atoms with Gasteiger partial charge < -0.3 is 20.5 Å². The Balaban J connectivity index is 2.04. The van der Waals surface area contributed by atoms with Crippen LogP contribution in [0.5, 0.6) is 0 Å². The Kier molecular flexibility index (Phi) is 5.25. The monoisotopic (exact) mass is 318 g/mol. The average molecular weight is 318 g/mol. The quantitative estimate of drug-likeness (QED) is 0.739. The van der Waals surface area contributed by atoms with Crippen molar-refractivity contribution in [2.75, 3.05) is 13.2 Å². The Morgan fingerprint density at radius 3 is 2.55 bits per heavy atom. The van der Waals surface area contributed by atoms with Gasteiger partial charge in [-0.1, -0.05) is 0 Å². The maximum absolute atomic E-state index is 13.2. The Bertz CT molecular complexity index is 533. The van der Waals surface area contributed by atoms with E-state index in [0.29, 0.717) is 13.0 Å². The minimum Gasteiger partial charge on any atom is -0.394 e. The average Bonchev–Trinajstić information content (AvgIpc) is 2.87. The Hall–Kier alpha value is -1.80. The number of aliphatic hydroxyl groups excluding tert-OH is 1. The van der Waals surface area contributed by atoms with Gasteiger partial charge in [0, 0.05) is 6.61 Å². The van der Waals surface area contributed by atoms with E-state index in [2.05, 4.69) is 10.6 Å². The van der Waals surface area contributed by atoms with Crippen LogP contribution in [0.25, 0.3) is 0 Å². The molecule has 0 spiro atoms. The number of carbonyl (C=O) groups is 1. The molecule has 1 fully saturated rings. The van der Waals surface area contributed by atoms with Crippen LogP contribution in [0.2, 0.25) is 0 Å². The SMILES string of the molecule is CC1OCCC1NC(=O)NC(CO)c1cc(F)c(F)c(F)c1. The zero-order chi connectivity index (χ0) is 16.3. The van der Waals surface area contributed by atoms with Crippen molar-refractivity contribution in [3.8, 4) is 0 Å². The molecule has 1 saturated heterocycles. The fourth-order valence-electron chi connectivity index (χ4n) is 2.30. The van der Waals surface area contributed by atoms with Crippen LogP contribution in [0.3, 0.4) is 0 Å². The van der Waals surface area contributed by atoms with Crippen molar-refractivity contribution < 1.29 is 27.8 Å². The summed E-state index contributed by atoms with van der Waals surface area (Å²) in [5, 5.41) is 14.3. The van der Waals surface area contributed by atoms with Gasteiger partial charge in [-0.3, -0.25) is 0 Å². The summed E-state index contributed by atoms with van der Waals surface area (Å²) in [5.41, 5.74) is -0.0650. The van der Waals surface area contributed by atoms with Crippen molar-refractivity contribution >= 4 is 6.03 Å². The van der Waals surface area contributed by atoms with Crippen LogP contribution in [0.1, 0.15) is 24.9 Å². The third-order valence-electron chi connectivity index (χ3n) is 3.59. The molecule has 3 atom stereocenters. The molecule has 3 unspecified atom stereocenters. The summed E-state index contributed by atoms with van der Waals surface area (Å²) < 4.78 is 44.6. The normalized spacial score (nSPS) is 22.4. The predicted molar refractivity (Wildman–Crippen MR) is 71.6 cm³/mol. The van der Waals surface area contributed by atoms with E-state index in [0.717, 1.165) is 12.1 Å². The van der Waals surface area contributed by atoms with Crippen molar-refractivity contribution in [3.05, 3.63) is 35.1 Å². The molecule has 2 amide bonds. The van der Waals surface area contributed by atoms with Crippen molar-refractivity contribution in [3.63, 3.8) is 0 Å². The number of amides is 2. The molecule has 1 aromatic rings. The lowest BCUT2D eigenvalue weighted by molar-refractivity contribution is 0.114. The molecule has 0 aliphatic carbocycles. The smallest absolute Gasteiger partial charge is 0.315 e. The van der Waals surface area contributed by atoms with E-state index in [1.165, 1.54) is 0 Å². The second-order valence-corrected chi connectivity index (χ2v) is 5.12. The number of carbonyl (C=O) groups excluding carboxylic acids is 1. The number of aliphatic hydroxyl groups is 1. The van der Waals surface area contributed by atoms with Gasteiger partial charge in [0.05, 0.1) is 24.8 Å². The van der Waals surface area contributed by atoms with E-state index in [-0.39, 0.29) is 17.7 Å². The molecule has 22 heavy (non-hydrogen) atoms. The zero-order valence-corrected chi connectivity index (χ0v) is 11.9. The van der Waals surface area contributed by atoms with E-state index in [1.807, 2.05) is 6.92 Å². The fourth-order valence-corrected chi connectivity index (χ4v) is 2.30. The van der Waals surface area contributed by atoms with Crippen LogP contribution in [0.4, 0.5) is 18.0 Å². The third kappa shape index (κ3) is 3.69. The van der Waals surface area contributed by atoms with Crippen molar-refractivity contribution in [1.29, 1.82) is 0 Å². The maximum atomic E-state index is 13.2. The second kappa shape index (κ2) is 6.97. The van der Waals surface area contributed by atoms with E-state index >= 15 is 0 Å². The van der Waals surface area contributed by atoms with Gasteiger partial charge in [-0.05, 0) is 31.0 Å². The molecule has 1 heterocycles. The minimum absolute atomic E-state index is 0.0650. The van der Waals surface area contributed by atoms with Gasteiger partial charge in [0.15, 0.2) is 17.5 Å². The second-order valence-electron chi connectivity index (χ2n) is 5.12. The summed E-state index contributed by atoms with van der Waals surface area (Å²) in [6.45, 7) is 1.75. The Morgan fingerprint density at radius 1 is 1.41 bits per heavy atom. The van der Waals surface area contributed by atoms with Crippen LogP contribution < -0.4 is 10.6 Å². The van der Waals surface area contributed by atoms with Crippen molar-refractivity contribution in [1.82, 2.24) is 10.6 Å². The standard InChI is InChI=1S/C14H17F3N2O3/c1-7-11(2-3-22-7)18-14(21)19-12(6-20)8-4-9(15)13(17)10(16)5-8/h4-5,7,11-12,20H,2-3,6H2,1H3,(H2,18,19,21). The summed E-state index contributed by atoms with van der Waals surface area (Å²) in [7, 11) is 0. The highest BCUT2D eigenvalue weighted by molar-refractivity contribution is 5.75. The molecule has 1 aliphatic heterocycles. The minimum atomic E-state index is -1.60. The highest BCUT2D eigenvalue weighted by Gasteiger charge is 2.26. The molecule has 0 aromatic heterocycles. The van der Waals surface area contributed by atoms with Gasteiger partial charge in [-0.15, -0.1) is 0 Å². The number of nitrogens with one attached hydrogen (secondary N) is 2. The summed E-state index contributed by atoms with van der Waals surface area (Å²) in [4.78, 5) is 11.9. The number of halogens is 3. The maximum Gasteiger partial charge on any atom is 0.315 e. The molecule has 8 heteroatoms. The molecule has 122 valence electrons. The first-order valence-corrected chi connectivity index (χ1v) is 6.86. The summed E-state index contributed by atoms with van der Waals surface area (Å²) in [6.07, 6.45) is 0.511. The van der Waals surface area contributed by atoms with Crippen molar-refractivity contribution in [2.24, 2.45) is 0 Å². The lowest BCUT2D eigenvalue weighted by Gasteiger charge is -2.21. The summed E-state index contributed by atoms with van der Waals surface area (Å²) in [6, 6.07) is -0.364. The van der Waals surface area contributed by atoms with Gasteiger partial charge in [0.2, 0.25) is 0 Å². The van der Waals surface area contributed by atoms with E-state index in [1.54, 1.807) is 0 Å². The fraction of sp³-hybridized carbons (Fsp3) is 0.500. The van der Waals surface area contributed by atoms with E-state index in [9.17, 15) is 23.1 Å². The first kappa shape index (κ1) is 16.6. The molecule has 5 nitrogen and oxygen atoms in total. The highest BCUT2D eigenvalue weighted by atomic mass is 19.2. The topological polar surface area (TPSA) is 70.6 Å². The van der Waals surface area contributed by atoms with E-state index in [4.69, 9.17) is 4.74 Å². The molecular formula is C14H17F3N2O3. The zero-order valence-electron chi connectivity index (χ0n) is 11.9. The first-order chi connectivity index (χ1) is 10.4. The molecule has 0 saturated carbocycles. The molecule has 2 rings (SSSR count). The van der Waals surface area contributed by atoms with Crippen molar-refractivity contribution in [2.45, 2.75) is 31.5 Å². The number of hydrogen-bond acceptors (Lipinski definition) is 3. The Morgan fingerprint density at radius 2 is 2.05 bits per heavy atom. The third-order valence-corrected chi connectivity index (χ3v) is 3.59. The van der Waals surface area contributed by atoms with Crippen LogP contribution in [-0.4, -0.2) is 36.5 Å². The van der Waals surface area contributed by atoms with Gasteiger partial charge in [-0.25, -0.2) is 18.0 Å². The summed E-state index contributed by atoms with van der Waals surface area (Å²) in [5.74, 6) is -4.36. The number of rotatable bonds is 4. The number of ether oxygens (including phenoxy) is 1. The predicted octanol–water partition coefficient (Wildman–Crippen LogP) is 1.61. The number of hydrogen-bond donors (Lipinski definition) is 3. The first-order valence-electron chi connectivity index (χ1n) is 6.86. The molecule has 1 aromatic carbocycles.